The Bertz CT molecular complexity index is 1100. The maximum atomic E-state index is 11.2. The van der Waals surface area contributed by atoms with Crippen LogP contribution < -0.4 is 15.5 Å². The molecule has 3 aromatic rings. The average molecular weight is 446 g/mol. The summed E-state index contributed by atoms with van der Waals surface area (Å²) in [6, 6.07) is 17.7. The first-order valence-corrected chi connectivity index (χ1v) is 11.2. The molecule has 170 valence electrons. The van der Waals surface area contributed by atoms with Crippen LogP contribution in [0.2, 0.25) is 0 Å². The smallest absolute Gasteiger partial charge is 0.227 e. The van der Waals surface area contributed by atoms with Gasteiger partial charge in [0.15, 0.2) is 5.79 Å². The molecule has 5 rings (SSSR count). The van der Waals surface area contributed by atoms with E-state index in [9.17, 15) is 4.79 Å². The molecule has 0 bridgehead atoms. The van der Waals surface area contributed by atoms with E-state index in [1.165, 1.54) is 12.6 Å². The van der Waals surface area contributed by atoms with E-state index in [1.54, 1.807) is 6.20 Å². The van der Waals surface area contributed by atoms with Crippen molar-refractivity contribution in [1.29, 1.82) is 0 Å². The molecule has 8 nitrogen and oxygen atoms in total. The molecule has 8 heteroatoms. The summed E-state index contributed by atoms with van der Waals surface area (Å²) >= 11 is 0. The summed E-state index contributed by atoms with van der Waals surface area (Å²) < 4.78 is 11.6. The number of carbonyl (C=O) groups is 1. The highest BCUT2D eigenvalue weighted by atomic mass is 16.7. The molecule has 0 saturated carbocycles. The average Bonchev–Trinajstić information content (AvgIpc) is 3.28. The lowest BCUT2D eigenvalue weighted by atomic mass is 10.0. The van der Waals surface area contributed by atoms with Crippen molar-refractivity contribution < 1.29 is 14.3 Å². The molecular formula is C25H27N5O3. The second-order valence-corrected chi connectivity index (χ2v) is 8.29. The first kappa shape index (κ1) is 21.4. The molecule has 3 heterocycles. The number of ether oxygens (including phenoxy) is 2. The maximum Gasteiger partial charge on any atom is 0.227 e. The first-order valence-electron chi connectivity index (χ1n) is 11.2. The molecule has 2 aliphatic rings. The van der Waals surface area contributed by atoms with Crippen molar-refractivity contribution >= 4 is 28.9 Å². The van der Waals surface area contributed by atoms with Gasteiger partial charge in [0.2, 0.25) is 11.9 Å². The molecule has 2 saturated heterocycles. The summed E-state index contributed by atoms with van der Waals surface area (Å²) in [4.78, 5) is 22.5. The van der Waals surface area contributed by atoms with Gasteiger partial charge in [-0.3, -0.25) is 4.79 Å². The van der Waals surface area contributed by atoms with Gasteiger partial charge in [0, 0.05) is 61.7 Å². The number of anilines is 4. The molecule has 0 unspecified atom stereocenters. The molecule has 2 aliphatic heterocycles. The van der Waals surface area contributed by atoms with E-state index in [4.69, 9.17) is 9.47 Å². The van der Waals surface area contributed by atoms with Gasteiger partial charge in [0.25, 0.3) is 0 Å². The van der Waals surface area contributed by atoms with Gasteiger partial charge in [0.1, 0.15) is 0 Å². The SMILES string of the molecule is CC(=O)Nc1ccc(-c2ccnc(Nc3ccc(N4CCC5(CC4)OCCO5)cc3)n2)cc1. The summed E-state index contributed by atoms with van der Waals surface area (Å²) in [5.74, 6) is 0.0786. The molecule has 2 N–H and O–H groups in total. The minimum atomic E-state index is -0.357. The van der Waals surface area contributed by atoms with Crippen molar-refractivity contribution in [1.82, 2.24) is 9.97 Å². The van der Waals surface area contributed by atoms with Crippen LogP contribution in [0, 0.1) is 0 Å². The number of hydrogen-bond donors (Lipinski definition) is 2. The van der Waals surface area contributed by atoms with Crippen LogP contribution in [-0.2, 0) is 14.3 Å². The number of carbonyl (C=O) groups excluding carboxylic acids is 1. The van der Waals surface area contributed by atoms with E-state index in [0.717, 1.165) is 48.6 Å². The molecule has 1 spiro atoms. The van der Waals surface area contributed by atoms with Crippen LogP contribution in [0.3, 0.4) is 0 Å². The third-order valence-electron chi connectivity index (χ3n) is 5.98. The highest BCUT2D eigenvalue weighted by Gasteiger charge is 2.39. The Hall–Kier alpha value is -3.49. The predicted molar refractivity (Wildman–Crippen MR) is 128 cm³/mol. The van der Waals surface area contributed by atoms with Crippen LogP contribution in [0.5, 0.6) is 0 Å². The number of nitrogens with zero attached hydrogens (tertiary/aromatic N) is 3. The molecule has 2 fully saturated rings. The molecule has 0 radical (unpaired) electrons. The Morgan fingerprint density at radius 3 is 2.27 bits per heavy atom. The number of benzene rings is 2. The zero-order valence-electron chi connectivity index (χ0n) is 18.6. The van der Waals surface area contributed by atoms with E-state index in [1.807, 2.05) is 42.5 Å². The van der Waals surface area contributed by atoms with Crippen LogP contribution in [0.4, 0.5) is 23.0 Å². The second kappa shape index (κ2) is 9.17. The van der Waals surface area contributed by atoms with Crippen molar-refractivity contribution in [2.75, 3.05) is 41.8 Å². The molecule has 1 aromatic heterocycles. The number of amides is 1. The van der Waals surface area contributed by atoms with Crippen molar-refractivity contribution in [3.63, 3.8) is 0 Å². The minimum absolute atomic E-state index is 0.0941. The molecule has 0 aliphatic carbocycles. The molecule has 0 atom stereocenters. The lowest BCUT2D eigenvalue weighted by molar-refractivity contribution is -0.169. The largest absolute Gasteiger partial charge is 0.371 e. The standard InChI is InChI=1S/C25H27N5O3/c1-18(31)27-20-4-2-19(3-5-20)23-10-13-26-24(29-23)28-21-6-8-22(9-7-21)30-14-11-25(12-15-30)32-16-17-33-25/h2-10,13H,11-12,14-17H2,1H3,(H,27,31)(H,26,28,29). The van der Waals surface area contributed by atoms with Gasteiger partial charge >= 0.3 is 0 Å². The van der Waals surface area contributed by atoms with Gasteiger partial charge in [0.05, 0.1) is 18.9 Å². The summed E-state index contributed by atoms with van der Waals surface area (Å²) in [7, 11) is 0. The van der Waals surface area contributed by atoms with Crippen LogP contribution in [-0.4, -0.2) is 48.0 Å². The Balaban J connectivity index is 1.22. The third-order valence-corrected chi connectivity index (χ3v) is 5.98. The van der Waals surface area contributed by atoms with Gasteiger partial charge in [-0.15, -0.1) is 0 Å². The highest BCUT2D eigenvalue weighted by Crippen LogP contribution is 2.33. The van der Waals surface area contributed by atoms with Crippen LogP contribution in [0.25, 0.3) is 11.3 Å². The van der Waals surface area contributed by atoms with Crippen molar-refractivity contribution in [2.45, 2.75) is 25.6 Å². The van der Waals surface area contributed by atoms with E-state index in [-0.39, 0.29) is 11.7 Å². The van der Waals surface area contributed by atoms with Crippen LogP contribution >= 0.6 is 0 Å². The zero-order chi connectivity index (χ0) is 22.7. The van der Waals surface area contributed by atoms with Crippen molar-refractivity contribution in [2.24, 2.45) is 0 Å². The highest BCUT2D eigenvalue weighted by molar-refractivity contribution is 5.88. The van der Waals surface area contributed by atoms with E-state index in [2.05, 4.69) is 37.6 Å². The predicted octanol–water partition coefficient (Wildman–Crippen LogP) is 4.19. The van der Waals surface area contributed by atoms with Gasteiger partial charge in [-0.1, -0.05) is 12.1 Å². The Labute approximate surface area is 193 Å². The van der Waals surface area contributed by atoms with E-state index < -0.39 is 0 Å². The van der Waals surface area contributed by atoms with Gasteiger partial charge in [-0.2, -0.15) is 0 Å². The zero-order valence-corrected chi connectivity index (χ0v) is 18.6. The third kappa shape index (κ3) is 4.97. The second-order valence-electron chi connectivity index (χ2n) is 8.29. The van der Waals surface area contributed by atoms with Gasteiger partial charge in [-0.25, -0.2) is 9.97 Å². The summed E-state index contributed by atoms with van der Waals surface area (Å²) in [6.45, 7) is 4.72. The number of piperidine rings is 1. The normalized spacial score (nSPS) is 17.2. The quantitative estimate of drug-likeness (QED) is 0.609. The summed E-state index contributed by atoms with van der Waals surface area (Å²) in [6.07, 6.45) is 3.51. The van der Waals surface area contributed by atoms with E-state index >= 15 is 0 Å². The first-order chi connectivity index (χ1) is 16.1. The fourth-order valence-corrected chi connectivity index (χ4v) is 4.28. The van der Waals surface area contributed by atoms with Crippen LogP contribution in [0.1, 0.15) is 19.8 Å². The number of aromatic nitrogens is 2. The topological polar surface area (TPSA) is 88.6 Å². The Kier molecular flexibility index (Phi) is 5.93. The number of rotatable bonds is 5. The summed E-state index contributed by atoms with van der Waals surface area (Å²) in [5.41, 5.74) is 4.61. The summed E-state index contributed by atoms with van der Waals surface area (Å²) in [5, 5.41) is 6.05. The van der Waals surface area contributed by atoms with Crippen molar-refractivity contribution in [3.05, 3.63) is 60.8 Å². The number of hydrogen-bond acceptors (Lipinski definition) is 7. The fourth-order valence-electron chi connectivity index (χ4n) is 4.28. The lowest BCUT2D eigenvalue weighted by Crippen LogP contribution is -2.45. The molecule has 33 heavy (non-hydrogen) atoms. The van der Waals surface area contributed by atoms with E-state index in [0.29, 0.717) is 19.2 Å². The van der Waals surface area contributed by atoms with Gasteiger partial charge < -0.3 is 25.0 Å². The van der Waals surface area contributed by atoms with Gasteiger partial charge in [-0.05, 0) is 42.5 Å². The number of nitrogens with one attached hydrogen (secondary N) is 2. The monoisotopic (exact) mass is 445 g/mol. The Morgan fingerprint density at radius 2 is 1.61 bits per heavy atom. The van der Waals surface area contributed by atoms with Crippen molar-refractivity contribution in [3.8, 4) is 11.3 Å². The lowest BCUT2D eigenvalue weighted by Gasteiger charge is -2.38. The van der Waals surface area contributed by atoms with Crippen LogP contribution in [0.15, 0.2) is 60.8 Å². The minimum Gasteiger partial charge on any atom is -0.371 e. The fraction of sp³-hybridized carbons (Fsp3) is 0.320. The Morgan fingerprint density at radius 1 is 0.939 bits per heavy atom. The molecular weight excluding hydrogens is 418 g/mol. The molecule has 1 amide bonds. The molecule has 2 aromatic carbocycles. The maximum absolute atomic E-state index is 11.2.